The van der Waals surface area contributed by atoms with Crippen molar-refractivity contribution in [2.24, 2.45) is 0 Å². The van der Waals surface area contributed by atoms with Gasteiger partial charge < -0.3 is 5.32 Å². The number of amides is 1. The van der Waals surface area contributed by atoms with Crippen LogP contribution in [0.5, 0.6) is 0 Å². The van der Waals surface area contributed by atoms with Gasteiger partial charge in [-0.2, -0.15) is 0 Å². The standard InChI is InChI=1S/C21H21FN2O3S2/c1-21(2,3)24-29(26,27)15-8-6-7-14(13-15)23-20(25)19-12-11-18(28-19)16-9-4-5-10-17(16)22/h4-13,24H,1-3H3,(H,23,25). The van der Waals surface area contributed by atoms with E-state index < -0.39 is 21.5 Å². The van der Waals surface area contributed by atoms with E-state index in [4.69, 9.17) is 0 Å². The van der Waals surface area contributed by atoms with Gasteiger partial charge in [0.05, 0.1) is 9.77 Å². The normalized spacial score (nSPS) is 12.0. The van der Waals surface area contributed by atoms with Crippen molar-refractivity contribution in [1.29, 1.82) is 0 Å². The Morgan fingerprint density at radius 3 is 2.41 bits per heavy atom. The highest BCUT2D eigenvalue weighted by Gasteiger charge is 2.22. The number of benzene rings is 2. The number of anilines is 1. The number of nitrogens with one attached hydrogen (secondary N) is 2. The van der Waals surface area contributed by atoms with Crippen molar-refractivity contribution in [2.75, 3.05) is 5.32 Å². The fourth-order valence-corrected chi connectivity index (χ4v) is 5.05. The zero-order valence-corrected chi connectivity index (χ0v) is 17.8. The Kier molecular flexibility index (Phi) is 5.88. The van der Waals surface area contributed by atoms with Crippen LogP contribution in [-0.4, -0.2) is 19.9 Å². The van der Waals surface area contributed by atoms with Crippen LogP contribution in [-0.2, 0) is 10.0 Å². The number of rotatable bonds is 5. The zero-order chi connectivity index (χ0) is 21.2. The quantitative estimate of drug-likeness (QED) is 0.603. The number of halogens is 1. The fourth-order valence-electron chi connectivity index (χ4n) is 2.66. The topological polar surface area (TPSA) is 75.3 Å². The summed E-state index contributed by atoms with van der Waals surface area (Å²) in [6.45, 7) is 5.25. The molecule has 5 nitrogen and oxygen atoms in total. The van der Waals surface area contributed by atoms with Crippen LogP contribution in [0.1, 0.15) is 30.4 Å². The Morgan fingerprint density at radius 1 is 1.00 bits per heavy atom. The molecule has 2 aromatic carbocycles. The lowest BCUT2D eigenvalue weighted by Crippen LogP contribution is -2.40. The van der Waals surface area contributed by atoms with Gasteiger partial charge in [-0.25, -0.2) is 17.5 Å². The molecule has 0 saturated carbocycles. The molecule has 2 N–H and O–H groups in total. The molecule has 0 aliphatic carbocycles. The molecule has 0 radical (unpaired) electrons. The van der Waals surface area contributed by atoms with E-state index in [0.717, 1.165) is 11.3 Å². The molecule has 0 unspecified atom stereocenters. The van der Waals surface area contributed by atoms with Crippen LogP contribution >= 0.6 is 11.3 Å². The average molecular weight is 433 g/mol. The highest BCUT2D eigenvalue weighted by atomic mass is 32.2. The Hall–Kier alpha value is -2.55. The number of hydrogen-bond donors (Lipinski definition) is 2. The first kappa shape index (κ1) is 21.2. The molecule has 8 heteroatoms. The van der Waals surface area contributed by atoms with Crippen molar-refractivity contribution >= 4 is 33.0 Å². The van der Waals surface area contributed by atoms with E-state index in [9.17, 15) is 17.6 Å². The monoisotopic (exact) mass is 432 g/mol. The van der Waals surface area contributed by atoms with Crippen molar-refractivity contribution in [3.8, 4) is 10.4 Å². The summed E-state index contributed by atoms with van der Waals surface area (Å²) in [5.41, 5.74) is 0.156. The van der Waals surface area contributed by atoms with Crippen LogP contribution < -0.4 is 10.0 Å². The van der Waals surface area contributed by atoms with Gasteiger partial charge in [-0.05, 0) is 57.2 Å². The molecule has 1 heterocycles. The summed E-state index contributed by atoms with van der Waals surface area (Å²) < 4.78 is 41.5. The summed E-state index contributed by atoms with van der Waals surface area (Å²) in [5, 5.41) is 2.70. The summed E-state index contributed by atoms with van der Waals surface area (Å²) in [7, 11) is -3.72. The second-order valence-corrected chi connectivity index (χ2v) is 10.2. The number of carbonyl (C=O) groups excluding carboxylic acids is 1. The second-order valence-electron chi connectivity index (χ2n) is 7.48. The lowest BCUT2D eigenvalue weighted by molar-refractivity contribution is 0.103. The van der Waals surface area contributed by atoms with Crippen LogP contribution in [0.3, 0.4) is 0 Å². The van der Waals surface area contributed by atoms with E-state index in [1.165, 1.54) is 18.2 Å². The molecule has 1 amide bonds. The maximum absolute atomic E-state index is 13.9. The Bertz CT molecular complexity index is 1150. The summed E-state index contributed by atoms with van der Waals surface area (Å²) in [5.74, 6) is -0.749. The van der Waals surface area contributed by atoms with Crippen LogP contribution in [0.15, 0.2) is 65.6 Å². The second kappa shape index (κ2) is 8.06. The number of thiophene rings is 1. The van der Waals surface area contributed by atoms with Gasteiger partial charge >= 0.3 is 0 Å². The van der Waals surface area contributed by atoms with Crippen molar-refractivity contribution < 1.29 is 17.6 Å². The number of sulfonamides is 1. The van der Waals surface area contributed by atoms with Gasteiger partial charge in [0.1, 0.15) is 5.82 Å². The fraction of sp³-hybridized carbons (Fsp3) is 0.190. The minimum atomic E-state index is -3.72. The van der Waals surface area contributed by atoms with Crippen molar-refractivity contribution in [2.45, 2.75) is 31.2 Å². The van der Waals surface area contributed by atoms with Gasteiger partial charge in [-0.15, -0.1) is 11.3 Å². The molecule has 0 bridgehead atoms. The van der Waals surface area contributed by atoms with Crippen LogP contribution in [0.4, 0.5) is 10.1 Å². The van der Waals surface area contributed by atoms with Crippen LogP contribution in [0.2, 0.25) is 0 Å². The molecule has 152 valence electrons. The molecular weight excluding hydrogens is 411 g/mol. The third-order valence-corrected chi connectivity index (χ3v) is 6.68. The predicted molar refractivity (Wildman–Crippen MR) is 114 cm³/mol. The van der Waals surface area contributed by atoms with Crippen LogP contribution in [0, 0.1) is 5.82 Å². The minimum absolute atomic E-state index is 0.0588. The summed E-state index contributed by atoms with van der Waals surface area (Å²) in [4.78, 5) is 13.7. The summed E-state index contributed by atoms with van der Waals surface area (Å²) >= 11 is 1.16. The van der Waals surface area contributed by atoms with E-state index >= 15 is 0 Å². The first-order chi connectivity index (χ1) is 13.5. The molecule has 0 aliphatic rings. The number of carbonyl (C=O) groups is 1. The molecule has 29 heavy (non-hydrogen) atoms. The van der Waals surface area contributed by atoms with Crippen LogP contribution in [0.25, 0.3) is 10.4 Å². The molecule has 0 spiro atoms. The van der Waals surface area contributed by atoms with Crippen molar-refractivity contribution in [3.63, 3.8) is 0 Å². The molecule has 0 atom stereocenters. The van der Waals surface area contributed by atoms with E-state index in [2.05, 4.69) is 10.0 Å². The Morgan fingerprint density at radius 2 is 1.72 bits per heavy atom. The average Bonchev–Trinajstić information content (AvgIpc) is 3.10. The molecular formula is C21H21FN2O3S2. The highest BCUT2D eigenvalue weighted by Crippen LogP contribution is 2.30. The maximum atomic E-state index is 13.9. The number of hydrogen-bond acceptors (Lipinski definition) is 4. The third-order valence-electron chi connectivity index (χ3n) is 3.81. The van der Waals surface area contributed by atoms with E-state index in [0.29, 0.717) is 21.0 Å². The third kappa shape index (κ3) is 5.29. The molecule has 1 aromatic heterocycles. The maximum Gasteiger partial charge on any atom is 0.265 e. The largest absolute Gasteiger partial charge is 0.321 e. The van der Waals surface area contributed by atoms with Gasteiger partial charge in [-0.1, -0.05) is 24.3 Å². The highest BCUT2D eigenvalue weighted by molar-refractivity contribution is 7.89. The first-order valence-electron chi connectivity index (χ1n) is 8.85. The Balaban J connectivity index is 1.79. The van der Waals surface area contributed by atoms with E-state index in [1.54, 1.807) is 63.2 Å². The summed E-state index contributed by atoms with van der Waals surface area (Å²) in [6, 6.07) is 15.7. The van der Waals surface area contributed by atoms with Crippen molar-refractivity contribution in [1.82, 2.24) is 4.72 Å². The van der Waals surface area contributed by atoms with E-state index in [-0.39, 0.29) is 10.7 Å². The van der Waals surface area contributed by atoms with Gasteiger partial charge in [0, 0.05) is 21.7 Å². The Labute approximate surface area is 173 Å². The van der Waals surface area contributed by atoms with Gasteiger partial charge in [0.2, 0.25) is 10.0 Å². The lowest BCUT2D eigenvalue weighted by atomic mass is 10.1. The molecule has 0 saturated heterocycles. The predicted octanol–water partition coefficient (Wildman–Crippen LogP) is 4.88. The van der Waals surface area contributed by atoms with Gasteiger partial charge in [-0.3, -0.25) is 4.79 Å². The molecule has 0 aliphatic heterocycles. The summed E-state index contributed by atoms with van der Waals surface area (Å²) in [6.07, 6.45) is 0. The van der Waals surface area contributed by atoms with E-state index in [1.807, 2.05) is 0 Å². The zero-order valence-electron chi connectivity index (χ0n) is 16.2. The first-order valence-corrected chi connectivity index (χ1v) is 11.2. The molecule has 0 fully saturated rings. The SMILES string of the molecule is CC(C)(C)NS(=O)(=O)c1cccc(NC(=O)c2ccc(-c3ccccc3F)s2)c1. The lowest BCUT2D eigenvalue weighted by Gasteiger charge is -2.20. The minimum Gasteiger partial charge on any atom is -0.321 e. The van der Waals surface area contributed by atoms with Crippen molar-refractivity contribution in [3.05, 3.63) is 71.4 Å². The smallest absolute Gasteiger partial charge is 0.265 e. The molecule has 3 rings (SSSR count). The van der Waals surface area contributed by atoms with Gasteiger partial charge in [0.15, 0.2) is 0 Å². The van der Waals surface area contributed by atoms with Gasteiger partial charge in [0.25, 0.3) is 5.91 Å². The molecule has 3 aromatic rings.